The zero-order chi connectivity index (χ0) is 29.4. The van der Waals surface area contributed by atoms with Crippen molar-refractivity contribution < 1.29 is 38.1 Å². The van der Waals surface area contributed by atoms with Gasteiger partial charge in [0.15, 0.2) is 23.0 Å². The van der Waals surface area contributed by atoms with Gasteiger partial charge >= 0.3 is 23.9 Å². The summed E-state index contributed by atoms with van der Waals surface area (Å²) in [5.41, 5.74) is 5.08. The Kier molecular flexibility index (Phi) is 10.2. The van der Waals surface area contributed by atoms with Crippen LogP contribution in [0, 0.1) is 13.8 Å². The number of rotatable bonds is 10. The van der Waals surface area contributed by atoms with E-state index in [-0.39, 0.29) is 23.0 Å². The van der Waals surface area contributed by atoms with E-state index in [1.807, 2.05) is 0 Å². The van der Waals surface area contributed by atoms with Crippen molar-refractivity contribution >= 4 is 23.9 Å². The van der Waals surface area contributed by atoms with Gasteiger partial charge < -0.3 is 18.9 Å². The minimum Gasteiger partial charge on any atom is -0.423 e. The fourth-order valence-electron chi connectivity index (χ4n) is 4.09. The van der Waals surface area contributed by atoms with Gasteiger partial charge in [-0.25, -0.2) is 0 Å². The van der Waals surface area contributed by atoms with Gasteiger partial charge in [0.05, 0.1) is 0 Å². The SMILES string of the molecule is CC(=O)Oc1ccc(CN(Cc2ccc(C)c(C)c2)Cc2ccc(OC(C)=O)c(OC(C)=O)c2)cc1OC(C)=O. The van der Waals surface area contributed by atoms with E-state index in [1.165, 1.54) is 38.8 Å². The molecule has 0 atom stereocenters. The summed E-state index contributed by atoms with van der Waals surface area (Å²) in [5.74, 6) is -1.54. The average molecular weight is 548 g/mol. The van der Waals surface area contributed by atoms with Crippen molar-refractivity contribution in [3.05, 3.63) is 82.4 Å². The van der Waals surface area contributed by atoms with Crippen LogP contribution in [0.2, 0.25) is 0 Å². The van der Waals surface area contributed by atoms with Crippen LogP contribution in [0.1, 0.15) is 55.5 Å². The molecule has 0 heterocycles. The van der Waals surface area contributed by atoms with Crippen LogP contribution in [0.25, 0.3) is 0 Å². The predicted molar refractivity (Wildman–Crippen MR) is 147 cm³/mol. The van der Waals surface area contributed by atoms with Gasteiger partial charge in [-0.15, -0.1) is 0 Å². The summed E-state index contributed by atoms with van der Waals surface area (Å²) < 4.78 is 21.0. The lowest BCUT2D eigenvalue weighted by atomic mass is 10.1. The highest BCUT2D eigenvalue weighted by Crippen LogP contribution is 2.32. The lowest BCUT2D eigenvalue weighted by molar-refractivity contribution is -0.134. The molecule has 0 saturated heterocycles. The van der Waals surface area contributed by atoms with Crippen LogP contribution in [0.3, 0.4) is 0 Å². The predicted octanol–water partition coefficient (Wildman–Crippen LogP) is 5.21. The Balaban J connectivity index is 1.97. The highest BCUT2D eigenvalue weighted by atomic mass is 16.6. The van der Waals surface area contributed by atoms with Crippen LogP contribution in [-0.4, -0.2) is 28.8 Å². The second-order valence-electron chi connectivity index (χ2n) is 9.50. The third kappa shape index (κ3) is 9.06. The van der Waals surface area contributed by atoms with Crippen LogP contribution in [0.5, 0.6) is 23.0 Å². The zero-order valence-corrected chi connectivity index (χ0v) is 23.5. The molecule has 0 fully saturated rings. The number of nitrogens with zero attached hydrogens (tertiary/aromatic N) is 1. The molecule has 0 saturated carbocycles. The topological polar surface area (TPSA) is 108 Å². The lowest BCUT2D eigenvalue weighted by Crippen LogP contribution is -2.23. The lowest BCUT2D eigenvalue weighted by Gasteiger charge is -2.24. The fourth-order valence-corrected chi connectivity index (χ4v) is 4.09. The number of carbonyl (C=O) groups excluding carboxylic acids is 4. The van der Waals surface area contributed by atoms with Gasteiger partial charge in [-0.2, -0.15) is 0 Å². The molecular weight excluding hydrogens is 514 g/mol. The van der Waals surface area contributed by atoms with E-state index >= 15 is 0 Å². The first-order chi connectivity index (χ1) is 18.9. The molecule has 3 aromatic carbocycles. The molecular formula is C31H33NO8. The normalized spacial score (nSPS) is 10.7. The molecule has 0 bridgehead atoms. The molecule has 0 aliphatic heterocycles. The number of hydrogen-bond acceptors (Lipinski definition) is 9. The number of esters is 4. The Morgan fingerprint density at radius 3 is 1.23 bits per heavy atom. The summed E-state index contributed by atoms with van der Waals surface area (Å²) in [6, 6.07) is 16.4. The third-order valence-corrected chi connectivity index (χ3v) is 5.82. The fraction of sp³-hybridized carbons (Fsp3) is 0.290. The molecule has 3 aromatic rings. The molecule has 0 amide bonds. The summed E-state index contributed by atoms with van der Waals surface area (Å²) in [6.07, 6.45) is 0. The van der Waals surface area contributed by atoms with E-state index in [4.69, 9.17) is 18.9 Å². The van der Waals surface area contributed by atoms with Gasteiger partial charge in [-0.1, -0.05) is 30.3 Å². The van der Waals surface area contributed by atoms with Gasteiger partial charge in [0.2, 0.25) is 0 Å². The van der Waals surface area contributed by atoms with E-state index in [2.05, 4.69) is 36.9 Å². The van der Waals surface area contributed by atoms with Crippen LogP contribution in [0.4, 0.5) is 0 Å². The number of aryl methyl sites for hydroxylation is 2. The number of hydrogen-bond donors (Lipinski definition) is 0. The molecule has 0 spiro atoms. The van der Waals surface area contributed by atoms with Gasteiger partial charge in [-0.05, 0) is 65.9 Å². The summed E-state index contributed by atoms with van der Waals surface area (Å²) in [6.45, 7) is 10.7. The Labute approximate surface area is 233 Å². The molecule has 0 aliphatic carbocycles. The first-order valence-electron chi connectivity index (χ1n) is 12.7. The maximum Gasteiger partial charge on any atom is 0.308 e. The van der Waals surface area contributed by atoms with Crippen molar-refractivity contribution in [1.29, 1.82) is 0 Å². The summed E-state index contributed by atoms with van der Waals surface area (Å²) in [4.78, 5) is 48.6. The number of benzene rings is 3. The minimum atomic E-state index is -0.539. The van der Waals surface area contributed by atoms with Gasteiger partial charge in [-0.3, -0.25) is 24.1 Å². The van der Waals surface area contributed by atoms with Crippen molar-refractivity contribution in [3.8, 4) is 23.0 Å². The first kappa shape index (κ1) is 30.0. The average Bonchev–Trinajstić information content (AvgIpc) is 2.83. The number of ether oxygens (including phenoxy) is 4. The van der Waals surface area contributed by atoms with E-state index in [0.717, 1.165) is 16.7 Å². The molecule has 210 valence electrons. The monoisotopic (exact) mass is 547 g/mol. The largest absolute Gasteiger partial charge is 0.423 e. The van der Waals surface area contributed by atoms with Crippen molar-refractivity contribution in [2.75, 3.05) is 0 Å². The quantitative estimate of drug-likeness (QED) is 0.250. The smallest absolute Gasteiger partial charge is 0.308 e. The zero-order valence-electron chi connectivity index (χ0n) is 23.5. The van der Waals surface area contributed by atoms with Crippen molar-refractivity contribution in [2.45, 2.75) is 61.2 Å². The van der Waals surface area contributed by atoms with Crippen molar-refractivity contribution in [2.24, 2.45) is 0 Å². The van der Waals surface area contributed by atoms with Gasteiger partial charge in [0.1, 0.15) is 0 Å². The molecule has 3 rings (SSSR count). The molecule has 9 heteroatoms. The summed E-state index contributed by atoms with van der Waals surface area (Å²) >= 11 is 0. The molecule has 40 heavy (non-hydrogen) atoms. The Bertz CT molecular complexity index is 1350. The highest BCUT2D eigenvalue weighted by molar-refractivity contribution is 5.74. The first-order valence-corrected chi connectivity index (χ1v) is 12.7. The van der Waals surface area contributed by atoms with E-state index in [1.54, 1.807) is 36.4 Å². The van der Waals surface area contributed by atoms with E-state index < -0.39 is 23.9 Å². The molecule has 0 radical (unpaired) electrons. The third-order valence-electron chi connectivity index (χ3n) is 5.82. The maximum absolute atomic E-state index is 11.7. The molecule has 0 N–H and O–H groups in total. The Morgan fingerprint density at radius 2 is 0.850 bits per heavy atom. The molecule has 0 unspecified atom stereocenters. The molecule has 0 aromatic heterocycles. The Morgan fingerprint density at radius 1 is 0.500 bits per heavy atom. The van der Waals surface area contributed by atoms with Crippen LogP contribution in [-0.2, 0) is 38.8 Å². The maximum atomic E-state index is 11.7. The number of carbonyl (C=O) groups is 4. The second kappa shape index (κ2) is 13.5. The second-order valence-corrected chi connectivity index (χ2v) is 9.50. The van der Waals surface area contributed by atoms with Crippen LogP contribution in [0.15, 0.2) is 54.6 Å². The highest BCUT2D eigenvalue weighted by Gasteiger charge is 2.17. The summed E-state index contributed by atoms with van der Waals surface area (Å²) in [7, 11) is 0. The van der Waals surface area contributed by atoms with Crippen molar-refractivity contribution in [1.82, 2.24) is 4.90 Å². The van der Waals surface area contributed by atoms with E-state index in [0.29, 0.717) is 19.6 Å². The standard InChI is InChI=1S/C31H33NO8/c1-19-7-8-25(13-20(19)2)16-32(17-26-9-11-28(37-21(3)33)30(14-26)39-23(5)35)18-27-10-12-29(38-22(4)34)31(15-27)40-24(6)36/h7-15H,16-18H2,1-6H3. The van der Waals surface area contributed by atoms with Gasteiger partial charge in [0.25, 0.3) is 0 Å². The minimum absolute atomic E-state index is 0.147. The van der Waals surface area contributed by atoms with Gasteiger partial charge in [0, 0.05) is 47.3 Å². The molecule has 9 nitrogen and oxygen atoms in total. The molecule has 0 aliphatic rings. The Hall–Kier alpha value is -4.50. The summed E-state index contributed by atoms with van der Waals surface area (Å²) in [5, 5.41) is 0. The van der Waals surface area contributed by atoms with Crippen LogP contribution >= 0.6 is 0 Å². The van der Waals surface area contributed by atoms with E-state index in [9.17, 15) is 19.2 Å². The van der Waals surface area contributed by atoms with Crippen LogP contribution < -0.4 is 18.9 Å². The van der Waals surface area contributed by atoms with Crippen molar-refractivity contribution in [3.63, 3.8) is 0 Å².